The van der Waals surface area contributed by atoms with Gasteiger partial charge in [0.25, 0.3) is 0 Å². The zero-order valence-electron chi connectivity index (χ0n) is 12.1. The fraction of sp³-hybridized carbons (Fsp3) is 0.267. The second-order valence-electron chi connectivity index (χ2n) is 4.42. The van der Waals surface area contributed by atoms with E-state index in [1.807, 2.05) is 0 Å². The third-order valence-electron chi connectivity index (χ3n) is 2.74. The number of rotatable bonds is 3. The van der Waals surface area contributed by atoms with Crippen LogP contribution in [0.25, 0.3) is 0 Å². The maximum absolute atomic E-state index is 12.8. The summed E-state index contributed by atoms with van der Waals surface area (Å²) in [6.07, 6.45) is -1.74. The van der Waals surface area contributed by atoms with Gasteiger partial charge in [0.2, 0.25) is 0 Å². The van der Waals surface area contributed by atoms with Crippen molar-refractivity contribution in [3.05, 3.63) is 66.0 Å². The molecule has 126 valence electrons. The van der Waals surface area contributed by atoms with Gasteiger partial charge in [-0.1, -0.05) is 31.9 Å². The highest BCUT2D eigenvalue weighted by molar-refractivity contribution is 7.77. The van der Waals surface area contributed by atoms with Gasteiger partial charge in [-0.2, -0.15) is 13.2 Å². The summed E-state index contributed by atoms with van der Waals surface area (Å²) in [5.41, 5.74) is -0.0225. The quantitative estimate of drug-likeness (QED) is 0.631. The Morgan fingerprint density at radius 3 is 2.04 bits per heavy atom. The van der Waals surface area contributed by atoms with Gasteiger partial charge in [0.05, 0.1) is 6.20 Å². The van der Waals surface area contributed by atoms with E-state index in [4.69, 9.17) is 0 Å². The van der Waals surface area contributed by atoms with E-state index in [0.717, 1.165) is 28.6 Å². The van der Waals surface area contributed by atoms with E-state index in [2.05, 4.69) is 17.8 Å². The van der Waals surface area contributed by atoms with E-state index in [0.29, 0.717) is 0 Å². The Labute approximate surface area is 136 Å². The van der Waals surface area contributed by atoms with E-state index < -0.39 is 18.0 Å². The normalized spacial score (nSPS) is 12.5. The lowest BCUT2D eigenvalue weighted by molar-refractivity contribution is -0.171. The molecule has 0 radical (unpaired) electrons. The molecule has 0 bridgehead atoms. The molecule has 1 aromatic carbocycles. The Morgan fingerprint density at radius 2 is 1.70 bits per heavy atom. The van der Waals surface area contributed by atoms with Crippen molar-refractivity contribution in [1.82, 2.24) is 9.29 Å². The SMILES string of the molecule is CCN(S)C(c1ccc(F)cc1)C(F)(F)F.Fc1cccnc1. The van der Waals surface area contributed by atoms with Crippen molar-refractivity contribution in [1.29, 1.82) is 0 Å². The Hall–Kier alpha value is -1.67. The van der Waals surface area contributed by atoms with Crippen molar-refractivity contribution in [3.63, 3.8) is 0 Å². The minimum Gasteiger partial charge on any atom is -0.262 e. The zero-order valence-corrected chi connectivity index (χ0v) is 13.0. The molecule has 0 aliphatic rings. The minimum absolute atomic E-state index is 0.0225. The molecule has 2 nitrogen and oxygen atoms in total. The maximum atomic E-state index is 12.8. The van der Waals surface area contributed by atoms with Gasteiger partial charge in [-0.05, 0) is 29.8 Å². The Bertz CT molecular complexity index is 575. The topological polar surface area (TPSA) is 16.1 Å². The number of halogens is 5. The zero-order chi connectivity index (χ0) is 17.5. The monoisotopic (exact) mass is 350 g/mol. The van der Waals surface area contributed by atoms with Crippen LogP contribution in [-0.2, 0) is 0 Å². The van der Waals surface area contributed by atoms with Crippen LogP contribution in [0.2, 0.25) is 0 Å². The van der Waals surface area contributed by atoms with Crippen molar-refractivity contribution < 1.29 is 22.0 Å². The molecule has 1 atom stereocenters. The first kappa shape index (κ1) is 19.4. The second-order valence-corrected chi connectivity index (χ2v) is 4.94. The first-order valence-corrected chi connectivity index (χ1v) is 6.99. The molecule has 0 aliphatic carbocycles. The lowest BCUT2D eigenvalue weighted by atomic mass is 10.1. The summed E-state index contributed by atoms with van der Waals surface area (Å²) in [6, 6.07) is 5.33. The van der Waals surface area contributed by atoms with Gasteiger partial charge < -0.3 is 0 Å². The average Bonchev–Trinajstić information content (AvgIpc) is 2.49. The van der Waals surface area contributed by atoms with Crippen LogP contribution in [-0.4, -0.2) is 22.0 Å². The molecule has 0 amide bonds. The van der Waals surface area contributed by atoms with E-state index in [9.17, 15) is 22.0 Å². The molecule has 8 heteroatoms. The fourth-order valence-corrected chi connectivity index (χ4v) is 1.96. The summed E-state index contributed by atoms with van der Waals surface area (Å²) in [5, 5.41) is 0. The molecular formula is C15H15F5N2S. The molecule has 1 unspecified atom stereocenters. The largest absolute Gasteiger partial charge is 0.408 e. The Kier molecular flexibility index (Phi) is 7.44. The first-order valence-electron chi connectivity index (χ1n) is 6.59. The molecule has 0 saturated carbocycles. The molecule has 0 aliphatic heterocycles. The molecule has 23 heavy (non-hydrogen) atoms. The number of alkyl halides is 3. The number of aromatic nitrogens is 1. The number of benzene rings is 1. The average molecular weight is 350 g/mol. The van der Waals surface area contributed by atoms with Crippen LogP contribution in [0.4, 0.5) is 22.0 Å². The summed E-state index contributed by atoms with van der Waals surface area (Å²) < 4.78 is 63.6. The molecule has 0 saturated heterocycles. The minimum atomic E-state index is -4.43. The van der Waals surface area contributed by atoms with Crippen molar-refractivity contribution in [2.45, 2.75) is 19.1 Å². The predicted octanol–water partition coefficient (Wildman–Crippen LogP) is 4.82. The number of hydrogen-bond donors (Lipinski definition) is 1. The van der Waals surface area contributed by atoms with Crippen LogP contribution < -0.4 is 0 Å². The standard InChI is InChI=1S/C10H11F4NS.C5H4FN/c1-2-15(16)9(10(12,13)14)7-3-5-8(11)6-4-7;6-5-2-1-3-7-4-5/h3-6,9,16H,2H2,1H3;1-4H. The highest BCUT2D eigenvalue weighted by atomic mass is 32.1. The molecule has 1 heterocycles. The number of hydrogen-bond acceptors (Lipinski definition) is 3. The maximum Gasteiger partial charge on any atom is 0.408 e. The molecule has 2 rings (SSSR count). The summed E-state index contributed by atoms with van der Waals surface area (Å²) >= 11 is 3.78. The van der Waals surface area contributed by atoms with Gasteiger partial charge in [0.15, 0.2) is 0 Å². The molecule has 1 aromatic heterocycles. The van der Waals surface area contributed by atoms with E-state index >= 15 is 0 Å². The second kappa shape index (κ2) is 8.83. The third-order valence-corrected chi connectivity index (χ3v) is 3.26. The van der Waals surface area contributed by atoms with Crippen molar-refractivity contribution >= 4 is 12.8 Å². The highest BCUT2D eigenvalue weighted by Crippen LogP contribution is 2.38. The van der Waals surface area contributed by atoms with Crippen LogP contribution in [0, 0.1) is 11.6 Å². The van der Waals surface area contributed by atoms with E-state index in [-0.39, 0.29) is 17.9 Å². The Morgan fingerprint density at radius 1 is 1.09 bits per heavy atom. The number of pyridine rings is 1. The summed E-state index contributed by atoms with van der Waals surface area (Å²) in [4.78, 5) is 3.51. The van der Waals surface area contributed by atoms with Crippen molar-refractivity contribution in [2.24, 2.45) is 0 Å². The summed E-state index contributed by atoms with van der Waals surface area (Å²) in [7, 11) is 0. The number of thiol groups is 1. The van der Waals surface area contributed by atoms with E-state index in [1.54, 1.807) is 13.0 Å². The molecule has 0 spiro atoms. The third kappa shape index (κ3) is 6.54. The molecule has 0 N–H and O–H groups in total. The summed E-state index contributed by atoms with van der Waals surface area (Å²) in [5.74, 6) is -0.852. The molecular weight excluding hydrogens is 335 g/mol. The number of nitrogens with zero attached hydrogens (tertiary/aromatic N) is 2. The van der Waals surface area contributed by atoms with Crippen molar-refractivity contribution in [2.75, 3.05) is 6.54 Å². The van der Waals surface area contributed by atoms with Crippen LogP contribution in [0.3, 0.4) is 0 Å². The van der Waals surface area contributed by atoms with Crippen LogP contribution >= 0.6 is 12.8 Å². The van der Waals surface area contributed by atoms with E-state index in [1.165, 1.54) is 18.5 Å². The Balaban J connectivity index is 0.000000313. The van der Waals surface area contributed by atoms with Gasteiger partial charge in [0.1, 0.15) is 17.7 Å². The van der Waals surface area contributed by atoms with Gasteiger partial charge >= 0.3 is 6.18 Å². The predicted molar refractivity (Wildman–Crippen MR) is 80.8 cm³/mol. The smallest absolute Gasteiger partial charge is 0.262 e. The van der Waals surface area contributed by atoms with Crippen LogP contribution in [0.15, 0.2) is 48.8 Å². The van der Waals surface area contributed by atoms with Crippen LogP contribution in [0.1, 0.15) is 18.5 Å². The van der Waals surface area contributed by atoms with Crippen molar-refractivity contribution in [3.8, 4) is 0 Å². The van der Waals surface area contributed by atoms with Gasteiger partial charge in [0, 0.05) is 12.7 Å². The highest BCUT2D eigenvalue weighted by Gasteiger charge is 2.43. The lowest BCUT2D eigenvalue weighted by Gasteiger charge is -2.28. The van der Waals surface area contributed by atoms with Gasteiger partial charge in [-0.3, -0.25) is 4.98 Å². The molecule has 0 fully saturated rings. The van der Waals surface area contributed by atoms with Gasteiger partial charge in [-0.25, -0.2) is 13.1 Å². The first-order chi connectivity index (χ1) is 10.8. The fourth-order valence-electron chi connectivity index (χ4n) is 1.70. The summed E-state index contributed by atoms with van der Waals surface area (Å²) in [6.45, 7) is 1.69. The lowest BCUT2D eigenvalue weighted by Crippen LogP contribution is -2.32. The molecule has 2 aromatic rings. The van der Waals surface area contributed by atoms with Crippen LogP contribution in [0.5, 0.6) is 0 Å². The van der Waals surface area contributed by atoms with Gasteiger partial charge in [-0.15, -0.1) is 0 Å².